The largest absolute Gasteiger partial charge is 0.369 e. The molecule has 2 aliphatic heterocycles. The van der Waals surface area contributed by atoms with Crippen molar-refractivity contribution in [2.75, 3.05) is 28.6 Å². The smallest absolute Gasteiger partial charge is 0.257 e. The van der Waals surface area contributed by atoms with Gasteiger partial charge in [-0.1, -0.05) is 25.0 Å². The Labute approximate surface area is 159 Å². The summed E-state index contributed by atoms with van der Waals surface area (Å²) in [7, 11) is 0. The van der Waals surface area contributed by atoms with Gasteiger partial charge >= 0.3 is 0 Å². The minimum absolute atomic E-state index is 0.145. The number of nitrogens with zero attached hydrogens (tertiary/aromatic N) is 1. The highest BCUT2D eigenvalue weighted by Crippen LogP contribution is 2.34. The molecule has 0 saturated carbocycles. The zero-order valence-electron chi connectivity index (χ0n) is 15.5. The molecule has 27 heavy (non-hydrogen) atoms. The maximum Gasteiger partial charge on any atom is 0.257 e. The van der Waals surface area contributed by atoms with E-state index < -0.39 is 0 Å². The van der Waals surface area contributed by atoms with Gasteiger partial charge in [-0.25, -0.2) is 4.39 Å². The second kappa shape index (κ2) is 7.43. The fourth-order valence-corrected chi connectivity index (χ4v) is 3.89. The van der Waals surface area contributed by atoms with E-state index >= 15 is 0 Å². The van der Waals surface area contributed by atoms with Crippen LogP contribution in [0.3, 0.4) is 0 Å². The molecule has 4 rings (SSSR count). The lowest BCUT2D eigenvalue weighted by Crippen LogP contribution is -2.24. The third-order valence-corrected chi connectivity index (χ3v) is 5.31. The van der Waals surface area contributed by atoms with E-state index in [1.807, 2.05) is 37.3 Å². The summed E-state index contributed by atoms with van der Waals surface area (Å²) in [5.74, 6) is -0.374. The van der Waals surface area contributed by atoms with Crippen molar-refractivity contribution in [2.45, 2.75) is 32.6 Å². The van der Waals surface area contributed by atoms with E-state index in [1.165, 1.54) is 18.9 Å². The number of amides is 1. The number of carbonyl (C=O) groups is 1. The summed E-state index contributed by atoms with van der Waals surface area (Å²) in [6.45, 7) is 3.79. The van der Waals surface area contributed by atoms with Gasteiger partial charge in [0.25, 0.3) is 5.91 Å². The number of anilines is 3. The molecular formula is C22H24FN3O. The van der Waals surface area contributed by atoms with Crippen molar-refractivity contribution in [1.82, 2.24) is 0 Å². The van der Waals surface area contributed by atoms with Crippen LogP contribution in [-0.4, -0.2) is 19.0 Å². The standard InChI is InChI=1S/C22H24FN3O/c1-15-7-6-8-19-21(15)17(22(27)25-19)14-24-16-9-10-20(18(23)13-16)26-11-4-2-3-5-12-26/h6-10,13-14,24H,2-5,11-12H2,1H3,(H,25,27). The Morgan fingerprint density at radius 3 is 2.63 bits per heavy atom. The fourth-order valence-electron chi connectivity index (χ4n) is 3.89. The first kappa shape index (κ1) is 17.6. The van der Waals surface area contributed by atoms with Crippen LogP contribution in [-0.2, 0) is 4.79 Å². The van der Waals surface area contributed by atoms with Gasteiger partial charge in [0.15, 0.2) is 0 Å². The molecule has 1 fully saturated rings. The zero-order valence-corrected chi connectivity index (χ0v) is 15.5. The van der Waals surface area contributed by atoms with E-state index in [2.05, 4.69) is 15.5 Å². The van der Waals surface area contributed by atoms with Gasteiger partial charge in [-0.05, 0) is 49.6 Å². The van der Waals surface area contributed by atoms with Gasteiger partial charge in [0.05, 0.1) is 11.3 Å². The van der Waals surface area contributed by atoms with Gasteiger partial charge < -0.3 is 15.5 Å². The number of rotatable bonds is 3. The van der Waals surface area contributed by atoms with Crippen molar-refractivity contribution >= 4 is 28.5 Å². The van der Waals surface area contributed by atoms with Gasteiger partial charge in [-0.3, -0.25) is 4.79 Å². The molecule has 2 aromatic rings. The molecule has 0 bridgehead atoms. The van der Waals surface area contributed by atoms with Gasteiger partial charge in [-0.15, -0.1) is 0 Å². The summed E-state index contributed by atoms with van der Waals surface area (Å²) in [6, 6.07) is 11.0. The van der Waals surface area contributed by atoms with Crippen LogP contribution in [0.15, 0.2) is 42.6 Å². The number of carbonyl (C=O) groups excluding carboxylic acids is 1. The van der Waals surface area contributed by atoms with Crippen molar-refractivity contribution in [3.63, 3.8) is 0 Å². The second-order valence-electron chi connectivity index (χ2n) is 7.22. The predicted octanol–water partition coefficient (Wildman–Crippen LogP) is 4.92. The molecule has 0 radical (unpaired) electrons. The van der Waals surface area contributed by atoms with Crippen LogP contribution in [0.25, 0.3) is 5.57 Å². The van der Waals surface area contributed by atoms with E-state index in [1.54, 1.807) is 6.20 Å². The number of fused-ring (bicyclic) bond motifs is 1. The number of aryl methyl sites for hydroxylation is 1. The van der Waals surface area contributed by atoms with Crippen LogP contribution in [0, 0.1) is 12.7 Å². The molecule has 2 aliphatic rings. The Morgan fingerprint density at radius 2 is 1.89 bits per heavy atom. The molecule has 0 aliphatic carbocycles. The highest BCUT2D eigenvalue weighted by molar-refractivity contribution is 6.32. The SMILES string of the molecule is Cc1cccc2c1C(=CNc1ccc(N3CCCCCC3)c(F)c1)C(=O)N2. The van der Waals surface area contributed by atoms with Crippen molar-refractivity contribution in [3.8, 4) is 0 Å². The van der Waals surface area contributed by atoms with Crippen LogP contribution in [0.1, 0.15) is 36.8 Å². The molecule has 0 spiro atoms. The van der Waals surface area contributed by atoms with E-state index in [0.29, 0.717) is 16.9 Å². The summed E-state index contributed by atoms with van der Waals surface area (Å²) in [4.78, 5) is 14.4. The van der Waals surface area contributed by atoms with Crippen LogP contribution < -0.4 is 15.5 Å². The molecule has 1 saturated heterocycles. The monoisotopic (exact) mass is 365 g/mol. The molecule has 2 heterocycles. The van der Waals surface area contributed by atoms with Crippen molar-refractivity contribution < 1.29 is 9.18 Å². The van der Waals surface area contributed by atoms with E-state index in [0.717, 1.165) is 42.7 Å². The first-order valence-corrected chi connectivity index (χ1v) is 9.56. The quantitative estimate of drug-likeness (QED) is 0.759. The number of halogens is 1. The van der Waals surface area contributed by atoms with Crippen molar-refractivity contribution in [2.24, 2.45) is 0 Å². The molecule has 0 aromatic heterocycles. The van der Waals surface area contributed by atoms with Gasteiger partial charge in [0.2, 0.25) is 0 Å². The topological polar surface area (TPSA) is 44.4 Å². The average Bonchev–Trinajstić information content (AvgIpc) is 2.82. The van der Waals surface area contributed by atoms with E-state index in [-0.39, 0.29) is 11.7 Å². The molecule has 0 unspecified atom stereocenters. The molecule has 5 heteroatoms. The zero-order chi connectivity index (χ0) is 18.8. The number of hydrogen-bond acceptors (Lipinski definition) is 3. The highest BCUT2D eigenvalue weighted by atomic mass is 19.1. The van der Waals surface area contributed by atoms with Crippen LogP contribution in [0.4, 0.5) is 21.5 Å². The molecule has 2 N–H and O–H groups in total. The predicted molar refractivity (Wildman–Crippen MR) is 108 cm³/mol. The fraction of sp³-hybridized carbons (Fsp3) is 0.318. The molecule has 1 amide bonds. The number of hydrogen-bond donors (Lipinski definition) is 2. The molecule has 2 aromatic carbocycles. The maximum absolute atomic E-state index is 14.7. The lowest BCUT2D eigenvalue weighted by atomic mass is 10.0. The lowest BCUT2D eigenvalue weighted by molar-refractivity contribution is -0.110. The summed E-state index contributed by atoms with van der Waals surface area (Å²) in [6.07, 6.45) is 6.32. The molecule has 0 atom stereocenters. The van der Waals surface area contributed by atoms with E-state index in [9.17, 15) is 9.18 Å². The maximum atomic E-state index is 14.7. The van der Waals surface area contributed by atoms with Crippen LogP contribution >= 0.6 is 0 Å². The number of benzene rings is 2. The Morgan fingerprint density at radius 1 is 1.11 bits per heavy atom. The third-order valence-electron chi connectivity index (χ3n) is 5.31. The third kappa shape index (κ3) is 3.54. The van der Waals surface area contributed by atoms with Gasteiger partial charge in [0, 0.05) is 36.2 Å². The minimum Gasteiger partial charge on any atom is -0.369 e. The number of nitrogens with one attached hydrogen (secondary N) is 2. The normalized spacial score (nSPS) is 18.2. The summed E-state index contributed by atoms with van der Waals surface area (Å²) >= 11 is 0. The Hall–Kier alpha value is -2.82. The van der Waals surface area contributed by atoms with Crippen LogP contribution in [0.5, 0.6) is 0 Å². The van der Waals surface area contributed by atoms with Gasteiger partial charge in [-0.2, -0.15) is 0 Å². The minimum atomic E-state index is -0.229. The average molecular weight is 365 g/mol. The first-order valence-electron chi connectivity index (χ1n) is 9.56. The highest BCUT2D eigenvalue weighted by Gasteiger charge is 2.25. The van der Waals surface area contributed by atoms with Crippen LogP contribution in [0.2, 0.25) is 0 Å². The van der Waals surface area contributed by atoms with Crippen molar-refractivity contribution in [1.29, 1.82) is 0 Å². The summed E-state index contributed by atoms with van der Waals surface area (Å²) in [5, 5.41) is 5.95. The molecule has 140 valence electrons. The van der Waals surface area contributed by atoms with Gasteiger partial charge in [0.1, 0.15) is 5.82 Å². The second-order valence-corrected chi connectivity index (χ2v) is 7.22. The molecular weight excluding hydrogens is 341 g/mol. The Bertz CT molecular complexity index is 898. The lowest BCUT2D eigenvalue weighted by Gasteiger charge is -2.23. The first-order chi connectivity index (χ1) is 13.1. The molecule has 4 nitrogen and oxygen atoms in total. The summed E-state index contributed by atoms with van der Waals surface area (Å²) in [5.41, 5.74) is 4.61. The van der Waals surface area contributed by atoms with Crippen molar-refractivity contribution in [3.05, 3.63) is 59.5 Å². The summed E-state index contributed by atoms with van der Waals surface area (Å²) < 4.78 is 14.7. The van der Waals surface area contributed by atoms with E-state index in [4.69, 9.17) is 0 Å². The Balaban J connectivity index is 1.55. The Kier molecular flexibility index (Phi) is 4.84.